The minimum Gasteiger partial charge on any atom is -0.452 e. The van der Waals surface area contributed by atoms with Gasteiger partial charge in [-0.1, -0.05) is 22.0 Å². The highest BCUT2D eigenvalue weighted by molar-refractivity contribution is 9.10. The van der Waals surface area contributed by atoms with Crippen molar-refractivity contribution in [3.05, 3.63) is 93.7 Å². The summed E-state index contributed by atoms with van der Waals surface area (Å²) in [4.78, 5) is 50.7. The summed E-state index contributed by atoms with van der Waals surface area (Å²) in [6.45, 7) is -0.531. The molecule has 9 heteroatoms. The fraction of sp³-hybridized carbons (Fsp3) is 0.0435. The summed E-state index contributed by atoms with van der Waals surface area (Å²) < 4.78 is 19.0. The maximum atomic E-state index is 13.2. The van der Waals surface area contributed by atoms with E-state index in [1.807, 2.05) is 0 Å². The van der Waals surface area contributed by atoms with E-state index in [4.69, 9.17) is 4.74 Å². The number of halogens is 2. The van der Waals surface area contributed by atoms with Crippen molar-refractivity contribution in [3.8, 4) is 0 Å². The zero-order chi connectivity index (χ0) is 22.8. The number of ether oxygens (including phenoxy) is 1. The third-order valence-corrected chi connectivity index (χ3v) is 5.14. The first-order valence-electron chi connectivity index (χ1n) is 9.34. The summed E-state index contributed by atoms with van der Waals surface area (Å²) >= 11 is 3.29. The van der Waals surface area contributed by atoms with Gasteiger partial charge in [-0.2, -0.15) is 0 Å². The Morgan fingerprint density at radius 1 is 0.938 bits per heavy atom. The summed E-state index contributed by atoms with van der Waals surface area (Å²) in [7, 11) is 0. The highest BCUT2D eigenvalue weighted by atomic mass is 79.9. The molecule has 32 heavy (non-hydrogen) atoms. The number of nitrogens with zero attached hydrogens (tertiary/aromatic N) is 1. The van der Waals surface area contributed by atoms with Gasteiger partial charge in [0, 0.05) is 10.2 Å². The van der Waals surface area contributed by atoms with Gasteiger partial charge in [0.15, 0.2) is 6.61 Å². The van der Waals surface area contributed by atoms with E-state index < -0.39 is 36.1 Å². The predicted molar refractivity (Wildman–Crippen MR) is 117 cm³/mol. The van der Waals surface area contributed by atoms with Gasteiger partial charge in [-0.25, -0.2) is 14.1 Å². The standard InChI is InChI=1S/C23H14BrFN2O5/c24-14-2-1-3-16(11-14)26-20(28)12-32-23(31)13-4-9-18-19(10-13)22(30)27(21(18)29)17-7-5-15(25)6-8-17/h1-11H,12H2,(H,26,28). The lowest BCUT2D eigenvalue weighted by atomic mass is 10.1. The van der Waals surface area contributed by atoms with E-state index in [9.17, 15) is 23.6 Å². The van der Waals surface area contributed by atoms with Crippen LogP contribution in [0.15, 0.2) is 71.2 Å². The maximum Gasteiger partial charge on any atom is 0.338 e. The average molecular weight is 497 g/mol. The van der Waals surface area contributed by atoms with Crippen molar-refractivity contribution in [3.63, 3.8) is 0 Å². The molecule has 1 aliphatic rings. The molecule has 3 amide bonds. The van der Waals surface area contributed by atoms with Crippen LogP contribution in [-0.2, 0) is 9.53 Å². The normalized spacial score (nSPS) is 12.5. The van der Waals surface area contributed by atoms with E-state index in [0.29, 0.717) is 5.69 Å². The van der Waals surface area contributed by atoms with Crippen molar-refractivity contribution in [2.75, 3.05) is 16.8 Å². The molecule has 0 spiro atoms. The second-order valence-corrected chi connectivity index (χ2v) is 7.73. The van der Waals surface area contributed by atoms with Crippen LogP contribution >= 0.6 is 15.9 Å². The first-order chi connectivity index (χ1) is 15.3. The van der Waals surface area contributed by atoms with Gasteiger partial charge in [0.25, 0.3) is 17.7 Å². The van der Waals surface area contributed by atoms with Crippen LogP contribution in [0.3, 0.4) is 0 Å². The molecule has 3 aromatic carbocycles. The molecule has 0 unspecified atom stereocenters. The summed E-state index contributed by atoms with van der Waals surface area (Å²) in [5, 5.41) is 2.59. The summed E-state index contributed by atoms with van der Waals surface area (Å²) in [5.41, 5.74) is 0.894. The van der Waals surface area contributed by atoms with E-state index >= 15 is 0 Å². The molecule has 0 aliphatic carbocycles. The number of anilines is 2. The minimum absolute atomic E-state index is 0.0149. The second kappa shape index (κ2) is 8.72. The Hall–Kier alpha value is -3.85. The molecule has 160 valence electrons. The van der Waals surface area contributed by atoms with Gasteiger partial charge in [0.05, 0.1) is 22.4 Å². The van der Waals surface area contributed by atoms with E-state index in [1.165, 1.54) is 30.3 Å². The number of fused-ring (bicyclic) bond motifs is 1. The summed E-state index contributed by atoms with van der Waals surface area (Å²) in [6.07, 6.45) is 0. The minimum atomic E-state index is -0.822. The number of carbonyl (C=O) groups excluding carboxylic acids is 4. The van der Waals surface area contributed by atoms with E-state index in [1.54, 1.807) is 24.3 Å². The number of amides is 3. The second-order valence-electron chi connectivity index (χ2n) is 6.82. The van der Waals surface area contributed by atoms with Gasteiger partial charge in [0.2, 0.25) is 0 Å². The van der Waals surface area contributed by atoms with E-state index in [-0.39, 0.29) is 22.4 Å². The lowest BCUT2D eigenvalue weighted by Gasteiger charge is -2.13. The number of hydrogen-bond donors (Lipinski definition) is 1. The molecule has 0 aromatic heterocycles. The summed E-state index contributed by atoms with van der Waals surface area (Å²) in [5.74, 6) is -3.08. The van der Waals surface area contributed by atoms with Gasteiger partial charge in [-0.15, -0.1) is 0 Å². The van der Waals surface area contributed by atoms with Crippen LogP contribution < -0.4 is 10.2 Å². The molecule has 1 aliphatic heterocycles. The number of benzene rings is 3. The number of esters is 1. The van der Waals surface area contributed by atoms with Crippen molar-refractivity contribution in [2.24, 2.45) is 0 Å². The smallest absolute Gasteiger partial charge is 0.338 e. The molecule has 0 radical (unpaired) electrons. The molecule has 0 saturated carbocycles. The first kappa shape index (κ1) is 21.4. The molecule has 0 saturated heterocycles. The number of carbonyl (C=O) groups is 4. The van der Waals surface area contributed by atoms with Gasteiger partial charge < -0.3 is 10.1 Å². The highest BCUT2D eigenvalue weighted by Gasteiger charge is 2.37. The van der Waals surface area contributed by atoms with Gasteiger partial charge in [-0.3, -0.25) is 14.4 Å². The van der Waals surface area contributed by atoms with Crippen molar-refractivity contribution in [1.82, 2.24) is 0 Å². The van der Waals surface area contributed by atoms with Crippen LogP contribution in [0.25, 0.3) is 0 Å². The third-order valence-electron chi connectivity index (χ3n) is 4.65. The third kappa shape index (κ3) is 4.28. The largest absolute Gasteiger partial charge is 0.452 e. The molecule has 0 fully saturated rings. The Labute approximate surface area is 189 Å². The lowest BCUT2D eigenvalue weighted by molar-refractivity contribution is -0.119. The van der Waals surface area contributed by atoms with Crippen LogP contribution in [0.5, 0.6) is 0 Å². The fourth-order valence-electron chi connectivity index (χ4n) is 3.17. The van der Waals surface area contributed by atoms with E-state index in [2.05, 4.69) is 21.2 Å². The van der Waals surface area contributed by atoms with E-state index in [0.717, 1.165) is 21.5 Å². The number of imide groups is 1. The topological polar surface area (TPSA) is 92.8 Å². The van der Waals surface area contributed by atoms with Crippen molar-refractivity contribution in [1.29, 1.82) is 0 Å². The summed E-state index contributed by atoms with van der Waals surface area (Å²) in [6, 6.07) is 15.7. The fourth-order valence-corrected chi connectivity index (χ4v) is 3.57. The first-order valence-corrected chi connectivity index (χ1v) is 10.1. The Bertz CT molecular complexity index is 1260. The zero-order valence-corrected chi connectivity index (χ0v) is 17.9. The molecular formula is C23H14BrFN2O5. The monoisotopic (exact) mass is 496 g/mol. The molecule has 3 aromatic rings. The van der Waals surface area contributed by atoms with Gasteiger partial charge >= 0.3 is 5.97 Å². The Kier molecular flexibility index (Phi) is 5.83. The van der Waals surface area contributed by atoms with Crippen LogP contribution in [0.4, 0.5) is 15.8 Å². The van der Waals surface area contributed by atoms with Crippen LogP contribution in [0, 0.1) is 5.82 Å². The molecule has 4 rings (SSSR count). The average Bonchev–Trinajstić information content (AvgIpc) is 3.02. The van der Waals surface area contributed by atoms with Gasteiger partial charge in [0.1, 0.15) is 5.82 Å². The Balaban J connectivity index is 1.45. The molecule has 1 N–H and O–H groups in total. The number of rotatable bonds is 5. The molecule has 0 bridgehead atoms. The van der Waals surface area contributed by atoms with Crippen molar-refractivity contribution in [2.45, 2.75) is 0 Å². The van der Waals surface area contributed by atoms with Crippen LogP contribution in [-0.4, -0.2) is 30.3 Å². The molecule has 1 heterocycles. The zero-order valence-electron chi connectivity index (χ0n) is 16.3. The quantitative estimate of drug-likeness (QED) is 0.422. The Morgan fingerprint density at radius 3 is 2.38 bits per heavy atom. The Morgan fingerprint density at radius 2 is 1.66 bits per heavy atom. The van der Waals surface area contributed by atoms with Crippen molar-refractivity contribution < 1.29 is 28.3 Å². The molecule has 0 atom stereocenters. The van der Waals surface area contributed by atoms with Crippen LogP contribution in [0.2, 0.25) is 0 Å². The van der Waals surface area contributed by atoms with Gasteiger partial charge in [-0.05, 0) is 60.7 Å². The van der Waals surface area contributed by atoms with Crippen molar-refractivity contribution >= 4 is 51.0 Å². The molecular weight excluding hydrogens is 483 g/mol. The maximum absolute atomic E-state index is 13.2. The number of hydrogen-bond acceptors (Lipinski definition) is 5. The lowest BCUT2D eigenvalue weighted by Crippen LogP contribution is -2.29. The SMILES string of the molecule is O=C(COC(=O)c1ccc2c(c1)C(=O)N(c1ccc(F)cc1)C2=O)Nc1cccc(Br)c1. The van der Waals surface area contributed by atoms with Crippen LogP contribution in [0.1, 0.15) is 31.1 Å². The predicted octanol–water partition coefficient (Wildman–Crippen LogP) is 4.18. The molecule has 7 nitrogen and oxygen atoms in total. The highest BCUT2D eigenvalue weighted by Crippen LogP contribution is 2.29. The number of nitrogens with one attached hydrogen (secondary N) is 1.